The quantitative estimate of drug-likeness (QED) is 0.639. The Balaban J connectivity index is 2.67. The van der Waals surface area contributed by atoms with Gasteiger partial charge >= 0.3 is 0 Å². The van der Waals surface area contributed by atoms with Crippen molar-refractivity contribution in [2.75, 3.05) is 6.54 Å². The van der Waals surface area contributed by atoms with Gasteiger partial charge in [-0.25, -0.2) is 0 Å². The van der Waals surface area contributed by atoms with E-state index >= 15 is 0 Å². The van der Waals surface area contributed by atoms with Crippen LogP contribution in [0.3, 0.4) is 0 Å². The summed E-state index contributed by atoms with van der Waals surface area (Å²) in [4.78, 5) is 4.37. The summed E-state index contributed by atoms with van der Waals surface area (Å²) < 4.78 is 0. The monoisotopic (exact) mass is 232 g/mol. The van der Waals surface area contributed by atoms with Crippen molar-refractivity contribution in [2.45, 2.75) is 33.1 Å². The summed E-state index contributed by atoms with van der Waals surface area (Å²) >= 11 is 0. The van der Waals surface area contributed by atoms with Crippen LogP contribution in [0.4, 0.5) is 0 Å². The van der Waals surface area contributed by atoms with E-state index in [9.17, 15) is 0 Å². The maximum Gasteiger partial charge on any atom is 0.129 e. The second-order valence-electron chi connectivity index (χ2n) is 4.82. The smallest absolute Gasteiger partial charge is 0.129 e. The van der Waals surface area contributed by atoms with Crippen LogP contribution in [0.1, 0.15) is 18.2 Å². The summed E-state index contributed by atoms with van der Waals surface area (Å²) in [5, 5.41) is 3.25. The van der Waals surface area contributed by atoms with Crippen molar-refractivity contribution in [3.8, 4) is 11.5 Å². The molecule has 1 N–H and O–H groups in total. The SMILES string of the molecule is CCNCc1ccc(C#C[Si](C)(C)C)cn1. The summed E-state index contributed by atoms with van der Waals surface area (Å²) in [6.45, 7) is 10.6. The zero-order chi connectivity index (χ0) is 12.0. The molecule has 0 saturated heterocycles. The third-order valence-corrected chi connectivity index (χ3v) is 2.84. The molecule has 0 aliphatic heterocycles. The summed E-state index contributed by atoms with van der Waals surface area (Å²) in [6.07, 6.45) is 1.86. The van der Waals surface area contributed by atoms with Crippen LogP contribution in [0.25, 0.3) is 0 Å². The number of aromatic nitrogens is 1. The van der Waals surface area contributed by atoms with Gasteiger partial charge in [-0.15, -0.1) is 5.54 Å². The zero-order valence-corrected chi connectivity index (χ0v) is 11.6. The Bertz CT molecular complexity index is 379. The Morgan fingerprint density at radius 3 is 2.56 bits per heavy atom. The Morgan fingerprint density at radius 2 is 2.06 bits per heavy atom. The van der Waals surface area contributed by atoms with Crippen molar-refractivity contribution in [1.82, 2.24) is 10.3 Å². The van der Waals surface area contributed by atoms with Crippen LogP contribution in [0.15, 0.2) is 18.3 Å². The molecule has 3 heteroatoms. The molecule has 1 rings (SSSR count). The first-order valence-corrected chi connectivity index (χ1v) is 9.20. The van der Waals surface area contributed by atoms with Crippen molar-refractivity contribution in [3.05, 3.63) is 29.6 Å². The van der Waals surface area contributed by atoms with E-state index in [2.05, 4.69) is 48.3 Å². The van der Waals surface area contributed by atoms with E-state index in [1.165, 1.54) is 0 Å². The van der Waals surface area contributed by atoms with E-state index in [0.29, 0.717) is 0 Å². The third-order valence-electron chi connectivity index (χ3n) is 1.96. The molecule has 2 nitrogen and oxygen atoms in total. The van der Waals surface area contributed by atoms with Gasteiger partial charge in [0.25, 0.3) is 0 Å². The van der Waals surface area contributed by atoms with Gasteiger partial charge in [-0.05, 0) is 18.7 Å². The van der Waals surface area contributed by atoms with Crippen LogP contribution in [-0.2, 0) is 6.54 Å². The van der Waals surface area contributed by atoms with Crippen LogP contribution in [0.5, 0.6) is 0 Å². The molecule has 0 aliphatic rings. The number of pyridine rings is 1. The minimum atomic E-state index is -1.28. The van der Waals surface area contributed by atoms with Gasteiger partial charge in [0.15, 0.2) is 0 Å². The van der Waals surface area contributed by atoms with Crippen LogP contribution in [0, 0.1) is 11.5 Å². The normalized spacial score (nSPS) is 10.8. The average Bonchev–Trinajstić information content (AvgIpc) is 2.24. The predicted molar refractivity (Wildman–Crippen MR) is 71.8 cm³/mol. The van der Waals surface area contributed by atoms with E-state index in [1.54, 1.807) is 0 Å². The van der Waals surface area contributed by atoms with Crippen LogP contribution in [-0.4, -0.2) is 19.6 Å². The van der Waals surface area contributed by atoms with Gasteiger partial charge in [-0.1, -0.05) is 32.5 Å². The molecule has 1 aromatic heterocycles. The molecular formula is C13H20N2Si. The summed E-state index contributed by atoms with van der Waals surface area (Å²) in [7, 11) is -1.28. The first-order valence-electron chi connectivity index (χ1n) is 5.70. The van der Waals surface area contributed by atoms with E-state index in [0.717, 1.165) is 24.3 Å². The molecule has 16 heavy (non-hydrogen) atoms. The van der Waals surface area contributed by atoms with E-state index in [-0.39, 0.29) is 0 Å². The van der Waals surface area contributed by atoms with Crippen molar-refractivity contribution in [1.29, 1.82) is 0 Å². The number of hydrogen-bond acceptors (Lipinski definition) is 2. The zero-order valence-electron chi connectivity index (χ0n) is 10.6. The van der Waals surface area contributed by atoms with Crippen molar-refractivity contribution < 1.29 is 0 Å². The first-order chi connectivity index (χ1) is 7.51. The van der Waals surface area contributed by atoms with Crippen LogP contribution < -0.4 is 5.32 Å². The molecule has 0 unspecified atom stereocenters. The summed E-state index contributed by atoms with van der Waals surface area (Å²) in [6, 6.07) is 4.09. The molecule has 0 amide bonds. The fourth-order valence-corrected chi connectivity index (χ4v) is 1.64. The lowest BCUT2D eigenvalue weighted by Gasteiger charge is -2.03. The lowest BCUT2D eigenvalue weighted by Crippen LogP contribution is -2.16. The molecule has 0 spiro atoms. The van der Waals surface area contributed by atoms with Gasteiger partial charge in [0, 0.05) is 18.3 Å². The fraction of sp³-hybridized carbons (Fsp3) is 0.462. The summed E-state index contributed by atoms with van der Waals surface area (Å²) in [5.41, 5.74) is 5.42. The first kappa shape index (κ1) is 13.0. The number of rotatable bonds is 3. The van der Waals surface area contributed by atoms with Gasteiger partial charge in [-0.2, -0.15) is 0 Å². The molecule has 0 aliphatic carbocycles. The van der Waals surface area contributed by atoms with Crippen molar-refractivity contribution >= 4 is 8.07 Å². The highest BCUT2D eigenvalue weighted by Crippen LogP contribution is 2.01. The highest BCUT2D eigenvalue weighted by atomic mass is 28.3. The summed E-state index contributed by atoms with van der Waals surface area (Å²) in [5.74, 6) is 3.20. The van der Waals surface area contributed by atoms with Crippen LogP contribution >= 0.6 is 0 Å². The molecule has 0 radical (unpaired) electrons. The maximum atomic E-state index is 4.37. The maximum absolute atomic E-state index is 4.37. The van der Waals surface area contributed by atoms with Gasteiger partial charge < -0.3 is 5.32 Å². The second kappa shape index (κ2) is 5.83. The van der Waals surface area contributed by atoms with Crippen LogP contribution in [0.2, 0.25) is 19.6 Å². The van der Waals surface area contributed by atoms with Crippen molar-refractivity contribution in [3.63, 3.8) is 0 Å². The standard InChI is InChI=1S/C13H20N2Si/c1-5-14-11-13-7-6-12(10-15-13)8-9-16(2,3)4/h6-7,10,14H,5,11H2,1-4H3. The molecule has 0 bridgehead atoms. The minimum absolute atomic E-state index is 0.832. The average molecular weight is 232 g/mol. The Labute approximate surface area is 99.5 Å². The molecular weight excluding hydrogens is 212 g/mol. The van der Waals surface area contributed by atoms with E-state index < -0.39 is 8.07 Å². The number of nitrogens with one attached hydrogen (secondary N) is 1. The van der Waals surface area contributed by atoms with Gasteiger partial charge in [-0.3, -0.25) is 4.98 Å². The van der Waals surface area contributed by atoms with Crippen molar-refractivity contribution in [2.24, 2.45) is 0 Å². The predicted octanol–water partition coefficient (Wildman–Crippen LogP) is 2.42. The molecule has 0 saturated carbocycles. The van der Waals surface area contributed by atoms with Gasteiger partial charge in [0.2, 0.25) is 0 Å². The van der Waals surface area contributed by atoms with Gasteiger partial charge in [0.05, 0.1) is 5.69 Å². The van der Waals surface area contributed by atoms with E-state index in [1.807, 2.05) is 18.3 Å². The molecule has 86 valence electrons. The van der Waals surface area contributed by atoms with E-state index in [4.69, 9.17) is 0 Å². The highest BCUT2D eigenvalue weighted by Gasteiger charge is 2.07. The molecule has 0 aromatic carbocycles. The topological polar surface area (TPSA) is 24.9 Å². The second-order valence-corrected chi connectivity index (χ2v) is 9.57. The Kier molecular flexibility index (Phi) is 4.72. The molecule has 1 heterocycles. The Hall–Kier alpha value is -1.11. The van der Waals surface area contributed by atoms with Gasteiger partial charge in [0.1, 0.15) is 8.07 Å². The fourth-order valence-electron chi connectivity index (χ4n) is 1.12. The molecule has 1 aromatic rings. The largest absolute Gasteiger partial charge is 0.311 e. The number of hydrogen-bond donors (Lipinski definition) is 1. The number of nitrogens with zero attached hydrogens (tertiary/aromatic N) is 1. The lowest BCUT2D eigenvalue weighted by molar-refractivity contribution is 0.710. The third kappa shape index (κ3) is 5.10. The Morgan fingerprint density at radius 1 is 1.31 bits per heavy atom. The highest BCUT2D eigenvalue weighted by molar-refractivity contribution is 6.83. The molecule has 0 fully saturated rings. The minimum Gasteiger partial charge on any atom is -0.311 e. The molecule has 0 atom stereocenters. The lowest BCUT2D eigenvalue weighted by atomic mass is 10.2.